The van der Waals surface area contributed by atoms with Gasteiger partial charge in [0.1, 0.15) is 11.6 Å². The van der Waals surface area contributed by atoms with Crippen LogP contribution in [0, 0.1) is 11.6 Å². The van der Waals surface area contributed by atoms with E-state index in [2.05, 4.69) is 10.6 Å². The average molecular weight is 324 g/mol. The number of nitrogens with one attached hydrogen (secondary N) is 2. The molecule has 0 aromatic heterocycles. The maximum atomic E-state index is 13.2. The molecule has 0 spiro atoms. The van der Waals surface area contributed by atoms with Crippen molar-refractivity contribution < 1.29 is 13.6 Å². The predicted octanol–water partition coefficient (Wildman–Crippen LogP) is 4.96. The van der Waals surface area contributed by atoms with Crippen LogP contribution in [0.1, 0.15) is 10.4 Å². The summed E-state index contributed by atoms with van der Waals surface area (Å²) in [6.07, 6.45) is 0. The average Bonchev–Trinajstić information content (AvgIpc) is 2.57. The zero-order chi connectivity index (χ0) is 16.9. The number of anilines is 3. The highest BCUT2D eigenvalue weighted by Crippen LogP contribution is 2.20. The lowest BCUT2D eigenvalue weighted by atomic mass is 10.2. The summed E-state index contributed by atoms with van der Waals surface area (Å²) in [4.78, 5) is 12.0. The molecular formula is C19H14F2N2O. The molecule has 0 saturated heterocycles. The lowest BCUT2D eigenvalue weighted by Crippen LogP contribution is -2.11. The van der Waals surface area contributed by atoms with Crippen molar-refractivity contribution in [3.05, 3.63) is 90.0 Å². The number of carbonyl (C=O) groups excluding carboxylic acids is 1. The number of amides is 1. The number of halogens is 2. The normalized spacial score (nSPS) is 10.2. The largest absolute Gasteiger partial charge is 0.355 e. The summed E-state index contributed by atoms with van der Waals surface area (Å²) in [6.45, 7) is 0. The highest BCUT2D eigenvalue weighted by Gasteiger charge is 2.07. The van der Waals surface area contributed by atoms with E-state index >= 15 is 0 Å². The van der Waals surface area contributed by atoms with Crippen LogP contribution in [0.25, 0.3) is 0 Å². The molecule has 0 aliphatic rings. The molecule has 0 unspecified atom stereocenters. The Bertz CT molecular complexity index is 863. The van der Waals surface area contributed by atoms with Crippen molar-refractivity contribution in [2.75, 3.05) is 10.6 Å². The van der Waals surface area contributed by atoms with E-state index in [0.717, 1.165) is 5.69 Å². The molecule has 0 atom stereocenters. The van der Waals surface area contributed by atoms with Crippen LogP contribution in [0.4, 0.5) is 25.8 Å². The molecule has 3 nitrogen and oxygen atoms in total. The standard InChI is InChI=1S/C19H14F2N2O/c20-14-4-1-3-13(11-14)19(24)23-17-9-7-16(8-10-17)22-18-6-2-5-15(21)12-18/h1-12,22H,(H,23,24). The minimum absolute atomic E-state index is 0.247. The predicted molar refractivity (Wildman–Crippen MR) is 90.5 cm³/mol. The Morgan fingerprint density at radius 1 is 0.708 bits per heavy atom. The van der Waals surface area contributed by atoms with Gasteiger partial charge in [0.05, 0.1) is 0 Å². The molecule has 5 heteroatoms. The van der Waals surface area contributed by atoms with Gasteiger partial charge in [-0.2, -0.15) is 0 Å². The first-order chi connectivity index (χ1) is 11.6. The number of carbonyl (C=O) groups is 1. The van der Waals surface area contributed by atoms with Crippen LogP contribution in [0.15, 0.2) is 72.8 Å². The Balaban J connectivity index is 1.67. The lowest BCUT2D eigenvalue weighted by Gasteiger charge is -2.09. The summed E-state index contributed by atoms with van der Waals surface area (Å²) in [7, 11) is 0. The third-order valence-electron chi connectivity index (χ3n) is 3.34. The molecule has 0 fully saturated rings. The fourth-order valence-corrected chi connectivity index (χ4v) is 2.20. The third-order valence-corrected chi connectivity index (χ3v) is 3.34. The molecule has 0 saturated carbocycles. The Morgan fingerprint density at radius 3 is 2.00 bits per heavy atom. The van der Waals surface area contributed by atoms with Crippen molar-refractivity contribution in [2.45, 2.75) is 0 Å². The summed E-state index contributed by atoms with van der Waals surface area (Å²) in [5.74, 6) is -1.17. The van der Waals surface area contributed by atoms with Crippen LogP contribution in [-0.4, -0.2) is 5.91 Å². The second-order valence-electron chi connectivity index (χ2n) is 5.18. The molecule has 0 radical (unpaired) electrons. The SMILES string of the molecule is O=C(Nc1ccc(Nc2cccc(F)c2)cc1)c1cccc(F)c1. The minimum Gasteiger partial charge on any atom is -0.355 e. The van der Waals surface area contributed by atoms with E-state index in [9.17, 15) is 13.6 Å². The maximum absolute atomic E-state index is 13.2. The molecule has 0 aliphatic heterocycles. The highest BCUT2D eigenvalue weighted by molar-refractivity contribution is 6.04. The fourth-order valence-electron chi connectivity index (χ4n) is 2.20. The fraction of sp³-hybridized carbons (Fsp3) is 0. The zero-order valence-electron chi connectivity index (χ0n) is 12.6. The molecule has 0 heterocycles. The number of rotatable bonds is 4. The van der Waals surface area contributed by atoms with Crippen molar-refractivity contribution in [3.8, 4) is 0 Å². The Labute approximate surface area is 138 Å². The Morgan fingerprint density at radius 2 is 1.33 bits per heavy atom. The Hall–Kier alpha value is -3.21. The van der Waals surface area contributed by atoms with Gasteiger partial charge in [0.2, 0.25) is 0 Å². The van der Waals surface area contributed by atoms with E-state index in [1.807, 2.05) is 0 Å². The van der Waals surface area contributed by atoms with E-state index < -0.39 is 5.82 Å². The van der Waals surface area contributed by atoms with E-state index in [0.29, 0.717) is 11.4 Å². The van der Waals surface area contributed by atoms with Gasteiger partial charge in [-0.1, -0.05) is 12.1 Å². The first-order valence-electron chi connectivity index (χ1n) is 7.30. The molecule has 1 amide bonds. The van der Waals surface area contributed by atoms with Gasteiger partial charge in [-0.25, -0.2) is 8.78 Å². The topological polar surface area (TPSA) is 41.1 Å². The Kier molecular flexibility index (Phi) is 4.52. The van der Waals surface area contributed by atoms with Crippen molar-refractivity contribution in [2.24, 2.45) is 0 Å². The van der Waals surface area contributed by atoms with Crippen LogP contribution in [0.2, 0.25) is 0 Å². The molecule has 24 heavy (non-hydrogen) atoms. The first kappa shape index (κ1) is 15.7. The van der Waals surface area contributed by atoms with Gasteiger partial charge in [-0.05, 0) is 60.7 Å². The summed E-state index contributed by atoms with van der Waals surface area (Å²) in [5, 5.41) is 5.75. The molecule has 0 aliphatic carbocycles. The van der Waals surface area contributed by atoms with Crippen molar-refractivity contribution in [3.63, 3.8) is 0 Å². The van der Waals surface area contributed by atoms with Gasteiger partial charge in [0, 0.05) is 22.6 Å². The van der Waals surface area contributed by atoms with Gasteiger partial charge >= 0.3 is 0 Å². The van der Waals surface area contributed by atoms with Gasteiger partial charge in [-0.15, -0.1) is 0 Å². The van der Waals surface area contributed by atoms with Crippen molar-refractivity contribution in [1.29, 1.82) is 0 Å². The van der Waals surface area contributed by atoms with Crippen LogP contribution < -0.4 is 10.6 Å². The second-order valence-corrected chi connectivity index (χ2v) is 5.18. The highest BCUT2D eigenvalue weighted by atomic mass is 19.1. The quantitative estimate of drug-likeness (QED) is 0.712. The summed E-state index contributed by atoms with van der Waals surface area (Å²) in [6, 6.07) is 18.5. The first-order valence-corrected chi connectivity index (χ1v) is 7.30. The second kappa shape index (κ2) is 6.91. The number of benzene rings is 3. The van der Waals surface area contributed by atoms with Crippen molar-refractivity contribution >= 4 is 23.0 Å². The number of hydrogen-bond acceptors (Lipinski definition) is 2. The molecule has 3 rings (SSSR count). The molecule has 3 aromatic rings. The van der Waals surface area contributed by atoms with Crippen LogP contribution in [-0.2, 0) is 0 Å². The smallest absolute Gasteiger partial charge is 0.255 e. The van der Waals surface area contributed by atoms with Crippen LogP contribution in [0.5, 0.6) is 0 Å². The van der Waals surface area contributed by atoms with Gasteiger partial charge in [-0.3, -0.25) is 4.79 Å². The lowest BCUT2D eigenvalue weighted by molar-refractivity contribution is 0.102. The molecule has 3 aromatic carbocycles. The van der Waals surface area contributed by atoms with E-state index in [1.165, 1.54) is 36.4 Å². The molecule has 2 N–H and O–H groups in total. The van der Waals surface area contributed by atoms with Crippen LogP contribution in [0.3, 0.4) is 0 Å². The molecular weight excluding hydrogens is 310 g/mol. The van der Waals surface area contributed by atoms with Gasteiger partial charge < -0.3 is 10.6 Å². The zero-order valence-corrected chi connectivity index (χ0v) is 12.6. The monoisotopic (exact) mass is 324 g/mol. The third kappa shape index (κ3) is 3.95. The van der Waals surface area contributed by atoms with E-state index in [4.69, 9.17) is 0 Å². The van der Waals surface area contributed by atoms with E-state index in [-0.39, 0.29) is 17.3 Å². The minimum atomic E-state index is -0.461. The summed E-state index contributed by atoms with van der Waals surface area (Å²) < 4.78 is 26.3. The molecule has 120 valence electrons. The summed E-state index contributed by atoms with van der Waals surface area (Å²) in [5.41, 5.74) is 2.21. The number of hydrogen-bond donors (Lipinski definition) is 2. The maximum Gasteiger partial charge on any atom is 0.255 e. The van der Waals surface area contributed by atoms with Crippen molar-refractivity contribution in [1.82, 2.24) is 0 Å². The molecule has 0 bridgehead atoms. The van der Waals surface area contributed by atoms with Crippen LogP contribution >= 0.6 is 0 Å². The van der Waals surface area contributed by atoms with E-state index in [1.54, 1.807) is 36.4 Å². The van der Waals surface area contributed by atoms with Gasteiger partial charge in [0.25, 0.3) is 5.91 Å². The summed E-state index contributed by atoms with van der Waals surface area (Å²) >= 11 is 0. The van der Waals surface area contributed by atoms with Gasteiger partial charge in [0.15, 0.2) is 0 Å².